The third-order valence-electron chi connectivity index (χ3n) is 5.96. The molecule has 1 atom stereocenters. The fourth-order valence-electron chi connectivity index (χ4n) is 5.38. The molecule has 4 nitrogen and oxygen atoms in total. The second-order valence-electron chi connectivity index (χ2n) is 7.12. The Kier molecular flexibility index (Phi) is 3.02. The highest BCUT2D eigenvalue weighted by atomic mass is 32.2. The Hall–Kier alpha value is -0.710. The lowest BCUT2D eigenvalue weighted by Crippen LogP contribution is -2.54. The largest absolute Gasteiger partial charge is 0.480 e. The standard InChI is InChI=1S/C15H21NO3S/c17-14(16-7-20-6-12(16)15(18)19)13-10-2-8-1-9(4-10)5-11(13)3-8/h8-13H,1-7H2,(H,18,19)/t8?,9?,10?,11?,12-,13?/m0/s1. The van der Waals surface area contributed by atoms with Gasteiger partial charge in [-0.05, 0) is 55.8 Å². The summed E-state index contributed by atoms with van der Waals surface area (Å²) in [5.41, 5.74) is 0. The van der Waals surface area contributed by atoms with Gasteiger partial charge in [-0.25, -0.2) is 4.79 Å². The molecule has 1 N–H and O–H groups in total. The summed E-state index contributed by atoms with van der Waals surface area (Å²) in [6, 6.07) is -0.593. The Morgan fingerprint density at radius 1 is 1.00 bits per heavy atom. The van der Waals surface area contributed by atoms with Gasteiger partial charge in [0, 0.05) is 11.7 Å². The normalized spacial score (nSPS) is 45.9. The number of carbonyl (C=O) groups is 2. The van der Waals surface area contributed by atoms with Gasteiger partial charge < -0.3 is 10.0 Å². The minimum Gasteiger partial charge on any atom is -0.480 e. The maximum atomic E-state index is 12.9. The molecule has 0 spiro atoms. The molecule has 5 heteroatoms. The van der Waals surface area contributed by atoms with Crippen LogP contribution < -0.4 is 0 Å². The van der Waals surface area contributed by atoms with Gasteiger partial charge >= 0.3 is 5.97 Å². The van der Waals surface area contributed by atoms with Crippen LogP contribution in [0.2, 0.25) is 0 Å². The second-order valence-corrected chi connectivity index (χ2v) is 8.12. The van der Waals surface area contributed by atoms with Gasteiger partial charge in [0.15, 0.2) is 0 Å². The Morgan fingerprint density at radius 2 is 1.60 bits per heavy atom. The SMILES string of the molecule is O=C(O)[C@@H]1CSCN1C(=O)C1C2CC3CC(C2)CC1C3. The summed E-state index contributed by atoms with van der Waals surface area (Å²) in [5, 5.41) is 9.28. The van der Waals surface area contributed by atoms with Crippen molar-refractivity contribution >= 4 is 23.6 Å². The van der Waals surface area contributed by atoms with E-state index >= 15 is 0 Å². The summed E-state index contributed by atoms with van der Waals surface area (Å²) in [6.45, 7) is 0. The fraction of sp³-hybridized carbons (Fsp3) is 0.867. The minimum atomic E-state index is -0.841. The topological polar surface area (TPSA) is 57.6 Å². The molecule has 5 fully saturated rings. The fourth-order valence-corrected chi connectivity index (χ4v) is 6.54. The molecule has 110 valence electrons. The van der Waals surface area contributed by atoms with Crippen LogP contribution in [-0.2, 0) is 9.59 Å². The molecule has 0 radical (unpaired) electrons. The first kappa shape index (κ1) is 13.0. The highest BCUT2D eigenvalue weighted by molar-refractivity contribution is 7.99. The number of thioether (sulfide) groups is 1. The predicted octanol–water partition coefficient (Wildman–Crippen LogP) is 2.04. The Bertz CT molecular complexity index is 424. The number of carboxylic acids is 1. The van der Waals surface area contributed by atoms with Crippen molar-refractivity contribution < 1.29 is 14.7 Å². The van der Waals surface area contributed by atoms with Crippen molar-refractivity contribution in [2.45, 2.75) is 38.1 Å². The van der Waals surface area contributed by atoms with Crippen LogP contribution in [-0.4, -0.2) is 39.6 Å². The first-order valence-corrected chi connectivity index (χ1v) is 8.90. The zero-order chi connectivity index (χ0) is 13.9. The van der Waals surface area contributed by atoms with Gasteiger partial charge in [0.1, 0.15) is 6.04 Å². The van der Waals surface area contributed by atoms with Crippen LogP contribution >= 0.6 is 11.8 Å². The zero-order valence-electron chi connectivity index (χ0n) is 11.5. The van der Waals surface area contributed by atoms with Gasteiger partial charge in [0.2, 0.25) is 5.91 Å². The van der Waals surface area contributed by atoms with E-state index in [-0.39, 0.29) is 11.8 Å². The summed E-state index contributed by atoms with van der Waals surface area (Å²) in [5.74, 6) is 3.34. The van der Waals surface area contributed by atoms with Crippen molar-refractivity contribution in [1.82, 2.24) is 4.90 Å². The summed E-state index contributed by atoms with van der Waals surface area (Å²) in [7, 11) is 0. The lowest BCUT2D eigenvalue weighted by molar-refractivity contribution is -0.156. The lowest BCUT2D eigenvalue weighted by Gasteiger charge is -2.54. The van der Waals surface area contributed by atoms with Crippen LogP contribution in [0.3, 0.4) is 0 Å². The minimum absolute atomic E-state index is 0.128. The lowest BCUT2D eigenvalue weighted by atomic mass is 9.51. The molecular formula is C15H21NO3S. The predicted molar refractivity (Wildman–Crippen MR) is 76.1 cm³/mol. The molecule has 0 aromatic heterocycles. The van der Waals surface area contributed by atoms with E-state index < -0.39 is 12.0 Å². The summed E-state index contributed by atoms with van der Waals surface area (Å²) in [4.78, 5) is 25.9. The van der Waals surface area contributed by atoms with Crippen molar-refractivity contribution in [2.75, 3.05) is 11.6 Å². The molecule has 1 heterocycles. The van der Waals surface area contributed by atoms with Crippen molar-refractivity contribution in [3.63, 3.8) is 0 Å². The summed E-state index contributed by atoms with van der Waals surface area (Å²) >= 11 is 1.57. The summed E-state index contributed by atoms with van der Waals surface area (Å²) < 4.78 is 0. The Labute approximate surface area is 123 Å². The van der Waals surface area contributed by atoms with Crippen LogP contribution in [0.4, 0.5) is 0 Å². The molecule has 5 rings (SSSR count). The number of carboxylic acid groups (broad SMARTS) is 1. The molecule has 0 aromatic rings. The Balaban J connectivity index is 1.55. The van der Waals surface area contributed by atoms with Crippen LogP contribution in [0.5, 0.6) is 0 Å². The monoisotopic (exact) mass is 295 g/mol. The van der Waals surface area contributed by atoms with Crippen molar-refractivity contribution in [3.05, 3.63) is 0 Å². The zero-order valence-corrected chi connectivity index (χ0v) is 12.3. The number of aliphatic carboxylic acids is 1. The van der Waals surface area contributed by atoms with Gasteiger partial charge in [-0.15, -0.1) is 11.8 Å². The molecule has 0 aromatic carbocycles. The van der Waals surface area contributed by atoms with E-state index in [9.17, 15) is 14.7 Å². The van der Waals surface area contributed by atoms with Gasteiger partial charge in [0.05, 0.1) is 5.88 Å². The number of hydrogen-bond acceptors (Lipinski definition) is 3. The molecule has 1 amide bonds. The van der Waals surface area contributed by atoms with Crippen LogP contribution in [0.1, 0.15) is 32.1 Å². The number of rotatable bonds is 2. The highest BCUT2D eigenvalue weighted by Gasteiger charge is 2.52. The average molecular weight is 295 g/mol. The third-order valence-corrected chi connectivity index (χ3v) is 6.97. The van der Waals surface area contributed by atoms with Crippen molar-refractivity contribution in [2.24, 2.45) is 29.6 Å². The van der Waals surface area contributed by atoms with Crippen molar-refractivity contribution in [1.29, 1.82) is 0 Å². The molecule has 5 aliphatic rings. The van der Waals surface area contributed by atoms with E-state index in [0.29, 0.717) is 23.5 Å². The molecule has 4 aliphatic carbocycles. The molecule has 0 unspecified atom stereocenters. The van der Waals surface area contributed by atoms with E-state index in [4.69, 9.17) is 0 Å². The van der Waals surface area contributed by atoms with Gasteiger partial charge in [0.25, 0.3) is 0 Å². The molecule has 4 saturated carbocycles. The van der Waals surface area contributed by atoms with E-state index in [1.54, 1.807) is 16.7 Å². The molecule has 4 bridgehead atoms. The van der Waals surface area contributed by atoms with Crippen LogP contribution in [0.25, 0.3) is 0 Å². The first-order chi connectivity index (χ1) is 9.63. The van der Waals surface area contributed by atoms with Crippen LogP contribution in [0, 0.1) is 29.6 Å². The van der Waals surface area contributed by atoms with Gasteiger partial charge in [-0.1, -0.05) is 0 Å². The maximum absolute atomic E-state index is 12.9. The number of amides is 1. The Morgan fingerprint density at radius 3 is 2.15 bits per heavy atom. The maximum Gasteiger partial charge on any atom is 0.327 e. The average Bonchev–Trinajstić information content (AvgIpc) is 2.86. The third kappa shape index (κ3) is 1.89. The van der Waals surface area contributed by atoms with E-state index in [1.165, 1.54) is 32.1 Å². The number of carbonyl (C=O) groups excluding carboxylic acids is 1. The van der Waals surface area contributed by atoms with Gasteiger partial charge in [-0.2, -0.15) is 0 Å². The smallest absolute Gasteiger partial charge is 0.327 e. The van der Waals surface area contributed by atoms with Gasteiger partial charge in [-0.3, -0.25) is 4.79 Å². The molecular weight excluding hydrogens is 274 g/mol. The number of hydrogen-bond donors (Lipinski definition) is 1. The van der Waals surface area contributed by atoms with Crippen molar-refractivity contribution in [3.8, 4) is 0 Å². The number of nitrogens with zero attached hydrogens (tertiary/aromatic N) is 1. The van der Waals surface area contributed by atoms with Crippen LogP contribution in [0.15, 0.2) is 0 Å². The quantitative estimate of drug-likeness (QED) is 0.847. The van der Waals surface area contributed by atoms with E-state index in [1.807, 2.05) is 0 Å². The molecule has 1 aliphatic heterocycles. The highest BCUT2D eigenvalue weighted by Crippen LogP contribution is 2.57. The first-order valence-electron chi connectivity index (χ1n) is 7.74. The van der Waals surface area contributed by atoms with E-state index in [2.05, 4.69) is 0 Å². The molecule has 20 heavy (non-hydrogen) atoms. The molecule has 1 saturated heterocycles. The van der Waals surface area contributed by atoms with E-state index in [0.717, 1.165) is 11.8 Å². The summed E-state index contributed by atoms with van der Waals surface area (Å²) in [6.07, 6.45) is 6.22. The second kappa shape index (κ2) is 4.65.